The van der Waals surface area contributed by atoms with Crippen LogP contribution in [0, 0.1) is 19.7 Å². The number of halogens is 1. The van der Waals surface area contributed by atoms with E-state index in [-0.39, 0.29) is 29.1 Å². The number of primary amides is 1. The molecule has 0 aliphatic carbocycles. The third-order valence-electron chi connectivity index (χ3n) is 3.23. The Hall–Kier alpha value is -2.70. The lowest BCUT2D eigenvalue weighted by molar-refractivity contribution is -0.116. The van der Waals surface area contributed by atoms with Crippen LogP contribution in [0.3, 0.4) is 0 Å². The summed E-state index contributed by atoms with van der Waals surface area (Å²) in [5.74, 6) is -1.63. The van der Waals surface area contributed by atoms with Gasteiger partial charge in [0.05, 0.1) is 6.20 Å². The molecule has 2 amide bonds. The number of carbonyl (C=O) groups excluding carboxylic acids is 2. The van der Waals surface area contributed by atoms with E-state index in [4.69, 9.17) is 5.73 Å². The zero-order valence-electron chi connectivity index (χ0n) is 12.4. The van der Waals surface area contributed by atoms with Crippen LogP contribution < -0.4 is 11.1 Å². The lowest BCUT2D eigenvalue weighted by Gasteiger charge is -2.11. The Morgan fingerprint density at radius 3 is 2.68 bits per heavy atom. The minimum atomic E-state index is -0.749. The largest absolute Gasteiger partial charge is 0.366 e. The molecule has 0 aliphatic heterocycles. The van der Waals surface area contributed by atoms with Crippen molar-refractivity contribution in [2.45, 2.75) is 26.8 Å². The molecule has 0 saturated heterocycles. The zero-order valence-corrected chi connectivity index (χ0v) is 12.4. The Morgan fingerprint density at radius 1 is 1.36 bits per heavy atom. The molecule has 1 heterocycles. The van der Waals surface area contributed by atoms with Crippen molar-refractivity contribution >= 4 is 17.5 Å². The Bertz CT molecular complexity index is 724. The molecular weight excluding hydrogens is 287 g/mol. The van der Waals surface area contributed by atoms with Crippen LogP contribution in [0.5, 0.6) is 0 Å². The molecule has 22 heavy (non-hydrogen) atoms. The topological polar surface area (TPSA) is 90.0 Å². The molecule has 3 N–H and O–H groups in total. The number of carbonyl (C=O) groups is 2. The van der Waals surface area contributed by atoms with E-state index in [9.17, 15) is 14.0 Å². The van der Waals surface area contributed by atoms with Crippen molar-refractivity contribution in [2.24, 2.45) is 5.73 Å². The summed E-state index contributed by atoms with van der Waals surface area (Å²) in [7, 11) is 0. The first-order chi connectivity index (χ1) is 10.4. The number of aromatic nitrogens is 2. The third kappa shape index (κ3) is 3.69. The number of amides is 2. The van der Waals surface area contributed by atoms with Gasteiger partial charge < -0.3 is 11.1 Å². The van der Waals surface area contributed by atoms with Crippen LogP contribution in [-0.2, 0) is 11.3 Å². The SMILES string of the molecule is Cc1cnn(CCC(=O)Nc2cc(C(N)=O)cc(F)c2C)c1. The molecule has 0 unspecified atom stereocenters. The van der Waals surface area contributed by atoms with E-state index in [2.05, 4.69) is 10.4 Å². The van der Waals surface area contributed by atoms with Crippen LogP contribution in [-0.4, -0.2) is 21.6 Å². The fraction of sp³-hybridized carbons (Fsp3) is 0.267. The van der Waals surface area contributed by atoms with Crippen LogP contribution in [0.2, 0.25) is 0 Å². The molecular formula is C15H17FN4O2. The molecule has 0 atom stereocenters. The van der Waals surface area contributed by atoms with Gasteiger partial charge in [-0.1, -0.05) is 0 Å². The number of rotatable bonds is 5. The number of nitrogens with two attached hydrogens (primary N) is 1. The van der Waals surface area contributed by atoms with Crippen LogP contribution in [0.1, 0.15) is 27.9 Å². The monoisotopic (exact) mass is 304 g/mol. The van der Waals surface area contributed by atoms with Gasteiger partial charge >= 0.3 is 0 Å². The van der Waals surface area contributed by atoms with Gasteiger partial charge in [0.1, 0.15) is 5.82 Å². The summed E-state index contributed by atoms with van der Waals surface area (Å²) in [5, 5.41) is 6.67. The van der Waals surface area contributed by atoms with E-state index in [0.29, 0.717) is 6.54 Å². The number of nitrogens with one attached hydrogen (secondary N) is 1. The minimum Gasteiger partial charge on any atom is -0.366 e. The van der Waals surface area contributed by atoms with E-state index in [1.54, 1.807) is 10.9 Å². The van der Waals surface area contributed by atoms with Crippen molar-refractivity contribution in [1.29, 1.82) is 0 Å². The molecule has 116 valence electrons. The smallest absolute Gasteiger partial charge is 0.248 e. The van der Waals surface area contributed by atoms with Gasteiger partial charge in [0.25, 0.3) is 0 Å². The summed E-state index contributed by atoms with van der Waals surface area (Å²) >= 11 is 0. The predicted octanol–water partition coefficient (Wildman–Crippen LogP) is 1.77. The number of anilines is 1. The van der Waals surface area contributed by atoms with Crippen molar-refractivity contribution in [3.05, 3.63) is 47.0 Å². The van der Waals surface area contributed by atoms with Gasteiger partial charge in [-0.2, -0.15) is 5.10 Å². The molecule has 2 rings (SSSR count). The Morgan fingerprint density at radius 2 is 2.09 bits per heavy atom. The molecule has 1 aromatic carbocycles. The maximum atomic E-state index is 13.7. The molecule has 2 aromatic rings. The van der Waals surface area contributed by atoms with Crippen molar-refractivity contribution in [3.63, 3.8) is 0 Å². The summed E-state index contributed by atoms with van der Waals surface area (Å²) in [5.41, 5.74) is 6.66. The summed E-state index contributed by atoms with van der Waals surface area (Å²) in [4.78, 5) is 23.1. The average Bonchev–Trinajstić information content (AvgIpc) is 2.87. The first-order valence-electron chi connectivity index (χ1n) is 6.75. The third-order valence-corrected chi connectivity index (χ3v) is 3.23. The summed E-state index contributed by atoms with van der Waals surface area (Å²) in [6.45, 7) is 3.84. The van der Waals surface area contributed by atoms with Gasteiger partial charge in [-0.3, -0.25) is 14.3 Å². The number of hydrogen-bond acceptors (Lipinski definition) is 3. The van der Waals surface area contributed by atoms with E-state index < -0.39 is 11.7 Å². The lowest BCUT2D eigenvalue weighted by atomic mass is 10.1. The highest BCUT2D eigenvalue weighted by molar-refractivity contribution is 5.97. The first kappa shape index (κ1) is 15.7. The molecule has 0 bridgehead atoms. The molecule has 1 aromatic heterocycles. The van der Waals surface area contributed by atoms with Gasteiger partial charge in [0.15, 0.2) is 0 Å². The molecule has 0 fully saturated rings. The van der Waals surface area contributed by atoms with Gasteiger partial charge in [-0.15, -0.1) is 0 Å². The number of benzene rings is 1. The Balaban J connectivity index is 2.06. The fourth-order valence-electron chi connectivity index (χ4n) is 1.97. The second-order valence-corrected chi connectivity index (χ2v) is 5.07. The Kier molecular flexibility index (Phi) is 4.55. The van der Waals surface area contributed by atoms with E-state index in [1.165, 1.54) is 13.0 Å². The van der Waals surface area contributed by atoms with E-state index in [1.807, 2.05) is 13.1 Å². The van der Waals surface area contributed by atoms with Crippen molar-refractivity contribution < 1.29 is 14.0 Å². The Labute approximate surface area is 127 Å². The maximum Gasteiger partial charge on any atom is 0.248 e. The molecule has 0 spiro atoms. The summed E-state index contributed by atoms with van der Waals surface area (Å²) < 4.78 is 15.4. The summed E-state index contributed by atoms with van der Waals surface area (Å²) in [6.07, 6.45) is 3.71. The van der Waals surface area contributed by atoms with Gasteiger partial charge in [-0.05, 0) is 31.5 Å². The standard InChI is InChI=1S/C15H17FN4O2/c1-9-7-18-20(8-9)4-3-14(21)19-13-6-11(15(17)22)5-12(16)10(13)2/h5-8H,3-4H2,1-2H3,(H2,17,22)(H,19,21). The highest BCUT2D eigenvalue weighted by Crippen LogP contribution is 2.20. The molecule has 0 aliphatic rings. The molecule has 6 nitrogen and oxygen atoms in total. The van der Waals surface area contributed by atoms with Crippen molar-refractivity contribution in [3.8, 4) is 0 Å². The van der Waals surface area contributed by atoms with Gasteiger partial charge in [-0.25, -0.2) is 4.39 Å². The number of aryl methyl sites for hydroxylation is 2. The molecule has 0 saturated carbocycles. The highest BCUT2D eigenvalue weighted by atomic mass is 19.1. The summed E-state index contributed by atoms with van der Waals surface area (Å²) in [6, 6.07) is 2.43. The predicted molar refractivity (Wildman–Crippen MR) is 79.9 cm³/mol. The van der Waals surface area contributed by atoms with Crippen molar-refractivity contribution in [2.75, 3.05) is 5.32 Å². The average molecular weight is 304 g/mol. The van der Waals surface area contributed by atoms with E-state index in [0.717, 1.165) is 11.6 Å². The van der Waals surface area contributed by atoms with Crippen LogP contribution in [0.15, 0.2) is 24.5 Å². The lowest BCUT2D eigenvalue weighted by Crippen LogP contribution is -2.17. The van der Waals surface area contributed by atoms with Crippen molar-refractivity contribution in [1.82, 2.24) is 9.78 Å². The first-order valence-corrected chi connectivity index (χ1v) is 6.75. The van der Waals surface area contributed by atoms with Crippen LogP contribution in [0.25, 0.3) is 0 Å². The normalized spacial score (nSPS) is 10.5. The zero-order chi connectivity index (χ0) is 16.3. The van der Waals surface area contributed by atoms with E-state index >= 15 is 0 Å². The van der Waals surface area contributed by atoms with Gasteiger partial charge in [0.2, 0.25) is 11.8 Å². The van der Waals surface area contributed by atoms with Crippen LogP contribution >= 0.6 is 0 Å². The van der Waals surface area contributed by atoms with Gasteiger partial charge in [0, 0.05) is 36.0 Å². The minimum absolute atomic E-state index is 0.0149. The second kappa shape index (κ2) is 6.38. The van der Waals surface area contributed by atoms with Crippen LogP contribution in [0.4, 0.5) is 10.1 Å². The quantitative estimate of drug-likeness (QED) is 0.882. The number of hydrogen-bond donors (Lipinski definition) is 2. The molecule has 7 heteroatoms. The maximum absolute atomic E-state index is 13.7. The second-order valence-electron chi connectivity index (χ2n) is 5.07. The molecule has 0 radical (unpaired) electrons. The fourth-order valence-corrected chi connectivity index (χ4v) is 1.97. The number of nitrogens with zero attached hydrogens (tertiary/aromatic N) is 2. The highest BCUT2D eigenvalue weighted by Gasteiger charge is 2.12.